The van der Waals surface area contributed by atoms with Crippen molar-refractivity contribution in [3.8, 4) is 0 Å². The summed E-state index contributed by atoms with van der Waals surface area (Å²) in [6, 6.07) is 1.63. The number of likely N-dealkylation sites (N-methyl/N-ethyl adjacent to an activating group) is 1. The maximum atomic E-state index is 3.65. The van der Waals surface area contributed by atoms with Crippen LogP contribution in [-0.4, -0.2) is 25.2 Å². The van der Waals surface area contributed by atoms with Crippen LogP contribution in [0.1, 0.15) is 20.3 Å². The van der Waals surface area contributed by atoms with Crippen LogP contribution in [0.5, 0.6) is 0 Å². The molecule has 0 radical (unpaired) electrons. The van der Waals surface area contributed by atoms with E-state index in [0.29, 0.717) is 0 Å². The van der Waals surface area contributed by atoms with Crippen LogP contribution in [0.2, 0.25) is 0 Å². The molecule has 1 saturated carbocycles. The van der Waals surface area contributed by atoms with Crippen molar-refractivity contribution in [3.63, 3.8) is 0 Å². The van der Waals surface area contributed by atoms with Gasteiger partial charge in [0.25, 0.3) is 0 Å². The Kier molecular flexibility index (Phi) is 1.90. The summed E-state index contributed by atoms with van der Waals surface area (Å²) >= 11 is 0. The Labute approximate surface area is 68.7 Å². The fourth-order valence-electron chi connectivity index (χ4n) is 2.26. The second-order valence-corrected chi connectivity index (χ2v) is 3.95. The summed E-state index contributed by atoms with van der Waals surface area (Å²) in [7, 11) is 0. The third-order valence-electron chi connectivity index (χ3n) is 3.19. The normalized spacial score (nSPS) is 47.5. The summed E-state index contributed by atoms with van der Waals surface area (Å²) < 4.78 is 0. The van der Waals surface area contributed by atoms with Gasteiger partial charge in [0.15, 0.2) is 0 Å². The van der Waals surface area contributed by atoms with Crippen molar-refractivity contribution >= 4 is 0 Å². The highest BCUT2D eigenvalue weighted by molar-refractivity contribution is 5.07. The molecule has 2 aliphatic rings. The average Bonchev–Trinajstić information content (AvgIpc) is 2.70. The van der Waals surface area contributed by atoms with Crippen molar-refractivity contribution in [3.05, 3.63) is 0 Å². The lowest BCUT2D eigenvalue weighted by atomic mass is 10.00. The van der Waals surface area contributed by atoms with E-state index >= 15 is 0 Å². The highest BCUT2D eigenvalue weighted by Gasteiger charge is 2.50. The van der Waals surface area contributed by atoms with Gasteiger partial charge in [-0.15, -0.1) is 0 Å². The van der Waals surface area contributed by atoms with Gasteiger partial charge in [0.05, 0.1) is 0 Å². The number of hydrogen-bond acceptors (Lipinski definition) is 2. The lowest BCUT2D eigenvalue weighted by Crippen LogP contribution is -2.39. The van der Waals surface area contributed by atoms with Crippen LogP contribution in [-0.2, 0) is 0 Å². The molecule has 1 aliphatic carbocycles. The first-order valence-corrected chi connectivity index (χ1v) is 4.79. The molecule has 2 fully saturated rings. The van der Waals surface area contributed by atoms with Crippen LogP contribution in [0.25, 0.3) is 0 Å². The predicted octanol–water partition coefficient (Wildman–Crippen LogP) is 0.592. The first-order chi connectivity index (χ1) is 5.33. The van der Waals surface area contributed by atoms with E-state index in [1.165, 1.54) is 6.42 Å². The highest BCUT2D eigenvalue weighted by atomic mass is 15.1. The summed E-state index contributed by atoms with van der Waals surface area (Å²) in [5, 5.41) is 7.05. The first kappa shape index (κ1) is 7.56. The maximum absolute atomic E-state index is 3.65. The molecular formula is C9H18N2. The van der Waals surface area contributed by atoms with Crippen molar-refractivity contribution in [2.75, 3.05) is 13.1 Å². The van der Waals surface area contributed by atoms with Gasteiger partial charge in [0.2, 0.25) is 0 Å². The third kappa shape index (κ3) is 1.30. The van der Waals surface area contributed by atoms with Gasteiger partial charge in [0, 0.05) is 18.6 Å². The van der Waals surface area contributed by atoms with Crippen molar-refractivity contribution in [2.45, 2.75) is 32.4 Å². The zero-order valence-electron chi connectivity index (χ0n) is 7.43. The van der Waals surface area contributed by atoms with Crippen LogP contribution in [0.15, 0.2) is 0 Å². The fraction of sp³-hybridized carbons (Fsp3) is 1.00. The number of piperidine rings is 1. The second kappa shape index (κ2) is 2.76. The molecule has 4 atom stereocenters. The molecule has 0 aromatic carbocycles. The van der Waals surface area contributed by atoms with E-state index in [1.807, 2.05) is 0 Å². The number of fused-ring (bicyclic) bond motifs is 1. The molecule has 0 bridgehead atoms. The standard InChI is InChI=1S/C9H18N2/c1-3-10-5-9-6(2)7-4-8(7)11-9/h6-11H,3-5H2,1-2H3. The lowest BCUT2D eigenvalue weighted by molar-refractivity contribution is 0.398. The van der Waals surface area contributed by atoms with E-state index in [9.17, 15) is 0 Å². The quantitative estimate of drug-likeness (QED) is 0.622. The van der Waals surface area contributed by atoms with Crippen LogP contribution < -0.4 is 10.6 Å². The van der Waals surface area contributed by atoms with Crippen LogP contribution in [0.4, 0.5) is 0 Å². The molecule has 2 nitrogen and oxygen atoms in total. The third-order valence-corrected chi connectivity index (χ3v) is 3.19. The molecule has 64 valence electrons. The lowest BCUT2D eigenvalue weighted by Gasteiger charge is -2.18. The molecule has 11 heavy (non-hydrogen) atoms. The summed E-state index contributed by atoms with van der Waals surface area (Å²) in [5.41, 5.74) is 0. The Hall–Kier alpha value is -0.0800. The summed E-state index contributed by atoms with van der Waals surface area (Å²) in [5.74, 6) is 1.91. The molecule has 2 rings (SSSR count). The van der Waals surface area contributed by atoms with Crippen LogP contribution >= 0.6 is 0 Å². The van der Waals surface area contributed by atoms with E-state index in [0.717, 1.165) is 37.0 Å². The Bertz CT molecular complexity index is 146. The minimum Gasteiger partial charge on any atom is -0.315 e. The monoisotopic (exact) mass is 154 g/mol. The van der Waals surface area contributed by atoms with E-state index in [2.05, 4.69) is 24.5 Å². The van der Waals surface area contributed by atoms with Gasteiger partial charge in [-0.25, -0.2) is 0 Å². The van der Waals surface area contributed by atoms with Gasteiger partial charge >= 0.3 is 0 Å². The van der Waals surface area contributed by atoms with Crippen LogP contribution in [0, 0.1) is 11.8 Å². The molecule has 2 N–H and O–H groups in total. The smallest absolute Gasteiger partial charge is 0.0224 e. The predicted molar refractivity (Wildman–Crippen MR) is 46.5 cm³/mol. The number of hydrogen-bond donors (Lipinski definition) is 2. The van der Waals surface area contributed by atoms with Gasteiger partial charge in [-0.05, 0) is 24.8 Å². The van der Waals surface area contributed by atoms with Crippen molar-refractivity contribution < 1.29 is 0 Å². The Balaban J connectivity index is 1.78. The van der Waals surface area contributed by atoms with Crippen LogP contribution in [0.3, 0.4) is 0 Å². The van der Waals surface area contributed by atoms with E-state index in [-0.39, 0.29) is 0 Å². The van der Waals surface area contributed by atoms with E-state index in [1.54, 1.807) is 0 Å². The SMILES string of the molecule is CCNCC1NC2CC2C1C. The minimum absolute atomic E-state index is 0.749. The molecule has 0 aromatic rings. The Morgan fingerprint density at radius 2 is 2.36 bits per heavy atom. The zero-order valence-corrected chi connectivity index (χ0v) is 7.43. The van der Waals surface area contributed by atoms with Crippen molar-refractivity contribution in [1.29, 1.82) is 0 Å². The topological polar surface area (TPSA) is 24.1 Å². The van der Waals surface area contributed by atoms with Gasteiger partial charge in [-0.3, -0.25) is 0 Å². The Morgan fingerprint density at radius 3 is 2.91 bits per heavy atom. The largest absolute Gasteiger partial charge is 0.315 e. The Morgan fingerprint density at radius 1 is 1.55 bits per heavy atom. The van der Waals surface area contributed by atoms with E-state index in [4.69, 9.17) is 0 Å². The summed E-state index contributed by atoms with van der Waals surface area (Å²) in [6.45, 7) is 6.80. The van der Waals surface area contributed by atoms with Gasteiger partial charge in [0.1, 0.15) is 0 Å². The molecule has 4 unspecified atom stereocenters. The van der Waals surface area contributed by atoms with E-state index < -0.39 is 0 Å². The maximum Gasteiger partial charge on any atom is 0.0224 e. The minimum atomic E-state index is 0.749. The second-order valence-electron chi connectivity index (χ2n) is 3.95. The molecule has 0 amide bonds. The van der Waals surface area contributed by atoms with Gasteiger partial charge < -0.3 is 10.6 Å². The van der Waals surface area contributed by atoms with Crippen molar-refractivity contribution in [2.24, 2.45) is 11.8 Å². The molecule has 1 saturated heterocycles. The number of rotatable bonds is 3. The average molecular weight is 154 g/mol. The zero-order chi connectivity index (χ0) is 7.84. The molecule has 0 aromatic heterocycles. The summed E-state index contributed by atoms with van der Waals surface area (Å²) in [4.78, 5) is 0. The fourth-order valence-corrected chi connectivity index (χ4v) is 2.26. The molecule has 0 spiro atoms. The van der Waals surface area contributed by atoms with Crippen molar-refractivity contribution in [1.82, 2.24) is 10.6 Å². The highest BCUT2D eigenvalue weighted by Crippen LogP contribution is 2.44. The summed E-state index contributed by atoms with van der Waals surface area (Å²) in [6.07, 6.45) is 1.43. The first-order valence-electron chi connectivity index (χ1n) is 4.79. The molecule has 2 heteroatoms. The molecule has 1 aliphatic heterocycles. The van der Waals surface area contributed by atoms with Gasteiger partial charge in [-0.2, -0.15) is 0 Å². The molecular weight excluding hydrogens is 136 g/mol. The molecule has 1 heterocycles. The number of nitrogens with one attached hydrogen (secondary N) is 2. The van der Waals surface area contributed by atoms with Gasteiger partial charge in [-0.1, -0.05) is 13.8 Å².